The van der Waals surface area contributed by atoms with Gasteiger partial charge in [-0.2, -0.15) is 0 Å². The van der Waals surface area contributed by atoms with Crippen LogP contribution >= 0.6 is 0 Å². The van der Waals surface area contributed by atoms with E-state index in [-0.39, 0.29) is 30.2 Å². The molecule has 0 spiro atoms. The van der Waals surface area contributed by atoms with Gasteiger partial charge in [0.1, 0.15) is 17.7 Å². The third kappa shape index (κ3) is 4.60. The van der Waals surface area contributed by atoms with E-state index in [4.69, 9.17) is 9.97 Å². The summed E-state index contributed by atoms with van der Waals surface area (Å²) in [7, 11) is -5.23. The van der Waals surface area contributed by atoms with Crippen molar-refractivity contribution in [3.63, 3.8) is 0 Å². The molecule has 0 saturated carbocycles. The maximum atomic E-state index is 5.20. The quantitative estimate of drug-likeness (QED) is 0.360. The van der Waals surface area contributed by atoms with Gasteiger partial charge in [0.25, 0.3) is 0 Å². The molecule has 37 heavy (non-hydrogen) atoms. The van der Waals surface area contributed by atoms with Crippen molar-refractivity contribution in [3.8, 4) is 0 Å². The van der Waals surface area contributed by atoms with Gasteiger partial charge in [-0.3, -0.25) is 0 Å². The van der Waals surface area contributed by atoms with Crippen LogP contribution in [0.2, 0.25) is 30.2 Å². The third-order valence-electron chi connectivity index (χ3n) is 8.65. The topological polar surface area (TPSA) is 54.8 Å². The Morgan fingerprint density at radius 3 is 1.11 bits per heavy atom. The average molecular weight is 544 g/mol. The van der Waals surface area contributed by atoms with E-state index >= 15 is 0 Å². The zero-order chi connectivity index (χ0) is 29.3. The smallest absolute Gasteiger partial charge is 0.183 e. The van der Waals surface area contributed by atoms with Crippen molar-refractivity contribution in [2.75, 3.05) is 4.23 Å². The van der Waals surface area contributed by atoms with Crippen molar-refractivity contribution in [2.24, 2.45) is 0 Å². The Morgan fingerprint density at radius 1 is 0.459 bits per heavy atom. The Labute approximate surface area is 230 Å². The minimum absolute atomic E-state index is 0.0168. The molecule has 0 unspecified atom stereocenters. The van der Waals surface area contributed by atoms with Crippen molar-refractivity contribution < 1.29 is 0 Å². The normalized spacial score (nSPS) is 15.3. The summed E-state index contributed by atoms with van der Waals surface area (Å²) in [4.78, 5) is 19.4. The van der Waals surface area contributed by atoms with Gasteiger partial charge in [0, 0.05) is 12.4 Å². The SMILES string of the molecule is CC(C)(C)[Si](N(c1ncnc2nccnc12)[Si](C(C)(C)C)(C(C)(C)C)C(C)(C)C)(C(C)(C)C)C(C)(C)C. The molecule has 2 rings (SSSR count). The molecule has 0 aliphatic carbocycles. The molecule has 0 aliphatic rings. The molecule has 0 aromatic carbocycles. The second-order valence-electron chi connectivity index (χ2n) is 17.2. The van der Waals surface area contributed by atoms with Gasteiger partial charge in [0.15, 0.2) is 22.1 Å². The number of hydrogen-bond donors (Lipinski definition) is 0. The molecule has 7 heteroatoms. The van der Waals surface area contributed by atoms with Crippen LogP contribution in [0.1, 0.15) is 125 Å². The highest BCUT2D eigenvalue weighted by Crippen LogP contribution is 2.72. The van der Waals surface area contributed by atoms with E-state index in [0.717, 1.165) is 11.3 Å². The second kappa shape index (κ2) is 9.11. The van der Waals surface area contributed by atoms with Crippen LogP contribution in [0.25, 0.3) is 11.2 Å². The Morgan fingerprint density at radius 2 is 0.784 bits per heavy atom. The van der Waals surface area contributed by atoms with Crippen LogP contribution in [0, 0.1) is 0 Å². The number of hydrogen-bond acceptors (Lipinski definition) is 5. The highest BCUT2D eigenvalue weighted by molar-refractivity contribution is 7.08. The standard InChI is InChI=1S/C30H57N5Si2/c1-25(2,3)36(26(4,5)6,27(7,8)9)35(24-22-23(33-21-34-24)32-20-19-31-22)37(28(10,11)12,29(13,14)15)30(16,17)18/h19-21H,1-18H3. The Balaban J connectivity index is 3.55. The molecule has 210 valence electrons. The fraction of sp³-hybridized carbons (Fsp3) is 0.800. The molecule has 0 aliphatic heterocycles. The first-order valence-corrected chi connectivity index (χ1v) is 17.8. The lowest BCUT2D eigenvalue weighted by atomic mass is 10.2. The monoisotopic (exact) mass is 543 g/mol. The lowest BCUT2D eigenvalue weighted by Crippen LogP contribution is -2.83. The second-order valence-corrected chi connectivity index (χ2v) is 30.4. The lowest BCUT2D eigenvalue weighted by Gasteiger charge is -2.75. The lowest BCUT2D eigenvalue weighted by molar-refractivity contribution is 0.496. The van der Waals surface area contributed by atoms with Crippen molar-refractivity contribution in [2.45, 2.75) is 155 Å². The number of aromatic nitrogens is 4. The average Bonchev–Trinajstić information content (AvgIpc) is 2.60. The summed E-state index contributed by atoms with van der Waals surface area (Å²) >= 11 is 0. The van der Waals surface area contributed by atoms with Crippen LogP contribution in [0.3, 0.4) is 0 Å². The van der Waals surface area contributed by atoms with Crippen LogP contribution in [0.4, 0.5) is 5.82 Å². The molecule has 2 heterocycles. The van der Waals surface area contributed by atoms with E-state index in [1.54, 1.807) is 18.7 Å². The van der Waals surface area contributed by atoms with E-state index in [1.807, 2.05) is 0 Å². The van der Waals surface area contributed by atoms with Gasteiger partial charge in [-0.05, 0) is 30.2 Å². The summed E-state index contributed by atoms with van der Waals surface area (Å²) in [5, 5.41) is 0.101. The van der Waals surface area contributed by atoms with Crippen molar-refractivity contribution >= 4 is 33.5 Å². The minimum atomic E-state index is -2.62. The zero-order valence-corrected chi connectivity index (χ0v) is 29.5. The van der Waals surface area contributed by atoms with Gasteiger partial charge < -0.3 is 4.23 Å². The van der Waals surface area contributed by atoms with Crippen molar-refractivity contribution in [3.05, 3.63) is 18.7 Å². The van der Waals surface area contributed by atoms with Gasteiger partial charge in [0.2, 0.25) is 0 Å². The summed E-state index contributed by atoms with van der Waals surface area (Å²) in [6, 6.07) is 0. The van der Waals surface area contributed by atoms with E-state index < -0.39 is 16.5 Å². The number of fused-ring (bicyclic) bond motifs is 1. The van der Waals surface area contributed by atoms with Gasteiger partial charge in [0.05, 0.1) is 0 Å². The van der Waals surface area contributed by atoms with Gasteiger partial charge in [-0.1, -0.05) is 125 Å². The van der Waals surface area contributed by atoms with Crippen molar-refractivity contribution in [1.82, 2.24) is 19.9 Å². The molecule has 0 amide bonds. The zero-order valence-electron chi connectivity index (χ0n) is 27.5. The fourth-order valence-electron chi connectivity index (χ4n) is 10.3. The maximum absolute atomic E-state index is 5.20. The first-order chi connectivity index (χ1) is 16.2. The summed E-state index contributed by atoms with van der Waals surface area (Å²) < 4.78 is 3.04. The predicted molar refractivity (Wildman–Crippen MR) is 167 cm³/mol. The van der Waals surface area contributed by atoms with Crippen LogP contribution in [0.15, 0.2) is 18.7 Å². The summed E-state index contributed by atoms with van der Waals surface area (Å²) in [6.45, 7) is 44.8. The molecule has 0 fully saturated rings. The van der Waals surface area contributed by atoms with Gasteiger partial charge in [-0.25, -0.2) is 19.9 Å². The molecule has 5 nitrogen and oxygen atoms in total. The molecule has 0 radical (unpaired) electrons. The van der Waals surface area contributed by atoms with Gasteiger partial charge in [-0.15, -0.1) is 0 Å². The first kappa shape index (κ1) is 31.9. The molecule has 0 bridgehead atoms. The fourth-order valence-corrected chi connectivity index (χ4v) is 36.8. The van der Waals surface area contributed by atoms with Crippen LogP contribution in [0.5, 0.6) is 0 Å². The van der Waals surface area contributed by atoms with E-state index in [0.29, 0.717) is 5.65 Å². The molecular formula is C30H57N5Si2. The molecule has 0 N–H and O–H groups in total. The number of nitrogens with zero attached hydrogens (tertiary/aromatic N) is 5. The van der Waals surface area contributed by atoms with Crippen LogP contribution in [-0.4, -0.2) is 36.4 Å². The third-order valence-corrected chi connectivity index (χ3v) is 25.4. The molecular weight excluding hydrogens is 487 g/mol. The van der Waals surface area contributed by atoms with E-state index in [2.05, 4.69) is 139 Å². The van der Waals surface area contributed by atoms with Gasteiger partial charge >= 0.3 is 0 Å². The maximum Gasteiger partial charge on any atom is 0.183 e. The van der Waals surface area contributed by atoms with E-state index in [1.165, 1.54) is 0 Å². The first-order valence-electron chi connectivity index (χ1n) is 13.9. The van der Waals surface area contributed by atoms with E-state index in [9.17, 15) is 0 Å². The summed E-state index contributed by atoms with van der Waals surface area (Å²) in [5.41, 5.74) is 1.51. The number of rotatable bonds is 3. The molecule has 0 saturated heterocycles. The molecule has 0 atom stereocenters. The van der Waals surface area contributed by atoms with Crippen molar-refractivity contribution in [1.29, 1.82) is 0 Å². The summed E-state index contributed by atoms with van der Waals surface area (Å²) in [5.74, 6) is 0.996. The number of anilines is 1. The Hall–Kier alpha value is -1.35. The van der Waals surface area contributed by atoms with Crippen LogP contribution in [-0.2, 0) is 0 Å². The Bertz CT molecular complexity index is 973. The largest absolute Gasteiger partial charge is 0.404 e. The Kier molecular flexibility index (Phi) is 7.84. The minimum Gasteiger partial charge on any atom is -0.404 e. The molecule has 2 aromatic rings. The predicted octanol–water partition coefficient (Wildman–Crippen LogP) is 9.92. The highest BCUT2D eigenvalue weighted by Gasteiger charge is 2.74. The highest BCUT2D eigenvalue weighted by atomic mass is 28.4. The molecule has 2 aromatic heterocycles. The summed E-state index contributed by atoms with van der Waals surface area (Å²) in [6.07, 6.45) is 5.27. The van der Waals surface area contributed by atoms with Crippen LogP contribution < -0.4 is 4.23 Å².